The smallest absolute Gasteiger partial charge is 0.236 e. The van der Waals surface area contributed by atoms with Crippen molar-refractivity contribution in [3.05, 3.63) is 29.8 Å². The number of carbonyl (C=O) groups excluding carboxylic acids is 1. The fourth-order valence-corrected chi connectivity index (χ4v) is 3.71. The van der Waals surface area contributed by atoms with E-state index < -0.39 is 15.4 Å². The van der Waals surface area contributed by atoms with Crippen molar-refractivity contribution < 1.29 is 13.2 Å². The van der Waals surface area contributed by atoms with E-state index in [1.165, 1.54) is 10.6 Å². The lowest BCUT2D eigenvalue weighted by molar-refractivity contribution is -0.120. The van der Waals surface area contributed by atoms with E-state index in [9.17, 15) is 13.2 Å². The van der Waals surface area contributed by atoms with Crippen LogP contribution in [0, 0.1) is 0 Å². The summed E-state index contributed by atoms with van der Waals surface area (Å²) in [4.78, 5) is 12.2. The minimum Gasteiger partial charge on any atom is -0.325 e. The van der Waals surface area contributed by atoms with Crippen molar-refractivity contribution in [2.24, 2.45) is 0 Å². The molecule has 2 aliphatic heterocycles. The first-order valence-corrected chi connectivity index (χ1v) is 7.64. The third-order valence-corrected chi connectivity index (χ3v) is 5.08. The highest BCUT2D eigenvalue weighted by molar-refractivity contribution is 7.88. The maximum Gasteiger partial charge on any atom is 0.236 e. The van der Waals surface area contributed by atoms with Crippen molar-refractivity contribution in [2.75, 3.05) is 24.7 Å². The predicted octanol–water partition coefficient (Wildman–Crippen LogP) is 0.542. The van der Waals surface area contributed by atoms with Gasteiger partial charge in [-0.05, 0) is 18.1 Å². The average Bonchev–Trinajstić information content (AvgIpc) is 2.85. The number of anilines is 1. The van der Waals surface area contributed by atoms with Gasteiger partial charge in [0.05, 0.1) is 11.7 Å². The number of nitrogens with one attached hydrogen (secondary N) is 1. The number of fused-ring (bicyclic) bond motifs is 2. The Bertz CT molecular complexity index is 626. The Hall–Kier alpha value is -1.40. The first-order valence-electron chi connectivity index (χ1n) is 5.80. The normalized spacial score (nSPS) is 27.5. The number of para-hydroxylation sites is 1. The van der Waals surface area contributed by atoms with Crippen LogP contribution in [0.25, 0.3) is 0 Å². The van der Waals surface area contributed by atoms with Crippen LogP contribution in [0.5, 0.6) is 0 Å². The van der Waals surface area contributed by atoms with Gasteiger partial charge in [0.2, 0.25) is 15.9 Å². The largest absolute Gasteiger partial charge is 0.325 e. The number of hydrogen-bond donors (Lipinski definition) is 1. The molecule has 6 heteroatoms. The lowest BCUT2D eigenvalue weighted by Gasteiger charge is -2.21. The van der Waals surface area contributed by atoms with Gasteiger partial charge in [-0.15, -0.1) is 0 Å². The van der Waals surface area contributed by atoms with Gasteiger partial charge in [0, 0.05) is 18.8 Å². The molecule has 96 valence electrons. The molecule has 1 aromatic carbocycles. The van der Waals surface area contributed by atoms with Crippen LogP contribution in [0.4, 0.5) is 5.69 Å². The molecule has 2 heterocycles. The van der Waals surface area contributed by atoms with Crippen LogP contribution >= 0.6 is 0 Å². The number of amides is 1. The number of benzene rings is 1. The summed E-state index contributed by atoms with van der Waals surface area (Å²) in [7, 11) is -3.24. The molecule has 1 aromatic rings. The molecule has 5 nitrogen and oxygen atoms in total. The predicted molar refractivity (Wildman–Crippen MR) is 67.8 cm³/mol. The lowest BCUT2D eigenvalue weighted by atomic mass is 9.81. The molecule has 0 saturated carbocycles. The molecule has 3 rings (SSSR count). The molecule has 1 unspecified atom stereocenters. The van der Waals surface area contributed by atoms with E-state index in [1.54, 1.807) is 0 Å². The maximum absolute atomic E-state index is 12.2. The summed E-state index contributed by atoms with van der Waals surface area (Å²) in [6.07, 6.45) is 1.73. The lowest BCUT2D eigenvalue weighted by Crippen LogP contribution is -2.39. The Morgan fingerprint density at radius 1 is 1.33 bits per heavy atom. The van der Waals surface area contributed by atoms with E-state index in [4.69, 9.17) is 0 Å². The minimum atomic E-state index is -3.24. The summed E-state index contributed by atoms with van der Waals surface area (Å²) in [5.74, 6) is -0.0881. The standard InChI is InChI=1S/C12H14N2O3S/c1-18(16,17)14-7-6-12(8-14)9-4-2-3-5-10(9)13-11(12)15/h2-5H,6-8H2,1H3,(H,13,15). The summed E-state index contributed by atoms with van der Waals surface area (Å²) in [5, 5.41) is 2.84. The van der Waals surface area contributed by atoms with Gasteiger partial charge < -0.3 is 5.32 Å². The third-order valence-electron chi connectivity index (χ3n) is 3.83. The summed E-state index contributed by atoms with van der Waals surface area (Å²) >= 11 is 0. The van der Waals surface area contributed by atoms with E-state index in [2.05, 4.69) is 5.32 Å². The van der Waals surface area contributed by atoms with Crippen LogP contribution in [0.15, 0.2) is 24.3 Å². The average molecular weight is 266 g/mol. The molecule has 0 aliphatic carbocycles. The Kier molecular flexibility index (Phi) is 2.30. The number of sulfonamides is 1. The highest BCUT2D eigenvalue weighted by atomic mass is 32.2. The topological polar surface area (TPSA) is 66.5 Å². The van der Waals surface area contributed by atoms with Crippen LogP contribution < -0.4 is 5.32 Å². The van der Waals surface area contributed by atoms with Crippen molar-refractivity contribution in [1.82, 2.24) is 4.31 Å². The zero-order valence-electron chi connectivity index (χ0n) is 10.0. The fraction of sp³-hybridized carbons (Fsp3) is 0.417. The molecule has 1 fully saturated rings. The SMILES string of the molecule is CS(=O)(=O)N1CCC2(C1)C(=O)Nc1ccccc12. The second-order valence-electron chi connectivity index (χ2n) is 4.93. The van der Waals surface area contributed by atoms with Crippen molar-refractivity contribution >= 4 is 21.6 Å². The van der Waals surface area contributed by atoms with E-state index in [-0.39, 0.29) is 12.5 Å². The van der Waals surface area contributed by atoms with Gasteiger partial charge in [0.25, 0.3) is 0 Å². The van der Waals surface area contributed by atoms with Crippen LogP contribution in [-0.4, -0.2) is 38.0 Å². The summed E-state index contributed by atoms with van der Waals surface area (Å²) < 4.78 is 24.6. The maximum atomic E-state index is 12.2. The molecule has 1 N–H and O–H groups in total. The molecule has 0 radical (unpaired) electrons. The van der Waals surface area contributed by atoms with Crippen LogP contribution in [-0.2, 0) is 20.2 Å². The monoisotopic (exact) mass is 266 g/mol. The zero-order chi connectivity index (χ0) is 13.0. The fourth-order valence-electron chi connectivity index (χ4n) is 2.84. The van der Waals surface area contributed by atoms with E-state index >= 15 is 0 Å². The summed E-state index contributed by atoms with van der Waals surface area (Å²) in [6.45, 7) is 0.648. The van der Waals surface area contributed by atoms with E-state index in [0.717, 1.165) is 11.3 Å². The molecule has 0 bridgehead atoms. The Morgan fingerprint density at radius 2 is 2.06 bits per heavy atom. The summed E-state index contributed by atoms with van der Waals surface area (Å²) in [5.41, 5.74) is 1.03. The van der Waals surface area contributed by atoms with Gasteiger partial charge in [0.15, 0.2) is 0 Å². The first-order chi connectivity index (χ1) is 8.43. The van der Waals surface area contributed by atoms with Gasteiger partial charge in [0.1, 0.15) is 0 Å². The first kappa shape index (κ1) is 11.7. The Balaban J connectivity index is 2.05. The second-order valence-corrected chi connectivity index (χ2v) is 6.91. The number of nitrogens with zero attached hydrogens (tertiary/aromatic N) is 1. The van der Waals surface area contributed by atoms with Crippen molar-refractivity contribution in [3.8, 4) is 0 Å². The van der Waals surface area contributed by atoms with Gasteiger partial charge >= 0.3 is 0 Å². The van der Waals surface area contributed by atoms with E-state index in [1.807, 2.05) is 24.3 Å². The molecular weight excluding hydrogens is 252 g/mol. The molecule has 1 spiro atoms. The molecule has 1 saturated heterocycles. The molecular formula is C12H14N2O3S. The molecule has 0 aromatic heterocycles. The Morgan fingerprint density at radius 3 is 2.72 bits per heavy atom. The zero-order valence-corrected chi connectivity index (χ0v) is 10.8. The van der Waals surface area contributed by atoms with Gasteiger partial charge in [-0.1, -0.05) is 18.2 Å². The minimum absolute atomic E-state index is 0.0881. The van der Waals surface area contributed by atoms with Crippen LogP contribution in [0.2, 0.25) is 0 Å². The van der Waals surface area contributed by atoms with Crippen LogP contribution in [0.1, 0.15) is 12.0 Å². The number of rotatable bonds is 1. The van der Waals surface area contributed by atoms with Gasteiger partial charge in [-0.25, -0.2) is 12.7 Å². The third kappa shape index (κ3) is 1.49. The molecule has 1 amide bonds. The van der Waals surface area contributed by atoms with Crippen molar-refractivity contribution in [2.45, 2.75) is 11.8 Å². The van der Waals surface area contributed by atoms with Gasteiger partial charge in [-0.3, -0.25) is 4.79 Å². The highest BCUT2D eigenvalue weighted by Crippen LogP contribution is 2.44. The summed E-state index contributed by atoms with van der Waals surface area (Å²) in [6, 6.07) is 7.50. The van der Waals surface area contributed by atoms with E-state index in [0.29, 0.717) is 13.0 Å². The quantitative estimate of drug-likeness (QED) is 0.807. The molecule has 18 heavy (non-hydrogen) atoms. The number of hydrogen-bond acceptors (Lipinski definition) is 3. The number of carbonyl (C=O) groups is 1. The second kappa shape index (κ2) is 3.55. The van der Waals surface area contributed by atoms with Gasteiger partial charge in [-0.2, -0.15) is 0 Å². The molecule has 2 aliphatic rings. The van der Waals surface area contributed by atoms with Crippen molar-refractivity contribution in [3.63, 3.8) is 0 Å². The van der Waals surface area contributed by atoms with Crippen LogP contribution in [0.3, 0.4) is 0 Å². The Labute approximate surface area is 106 Å². The van der Waals surface area contributed by atoms with Crippen molar-refractivity contribution in [1.29, 1.82) is 0 Å². The highest BCUT2D eigenvalue weighted by Gasteiger charge is 2.52. The molecule has 1 atom stereocenters.